The third-order valence-electron chi connectivity index (χ3n) is 4.08. The van der Waals surface area contributed by atoms with Gasteiger partial charge >= 0.3 is 0 Å². The van der Waals surface area contributed by atoms with E-state index in [1.165, 1.54) is 22.3 Å². The zero-order valence-corrected chi connectivity index (χ0v) is 13.8. The molecule has 0 aliphatic rings. The second kappa shape index (κ2) is 7.32. The van der Waals surface area contributed by atoms with Crippen LogP contribution in [-0.4, -0.2) is 20.8 Å². The molecule has 3 nitrogen and oxygen atoms in total. The van der Waals surface area contributed by atoms with Gasteiger partial charge in [-0.3, -0.25) is 0 Å². The molecule has 0 saturated heterocycles. The van der Waals surface area contributed by atoms with E-state index in [2.05, 4.69) is 44.2 Å². The molecule has 2 aromatic rings. The van der Waals surface area contributed by atoms with E-state index in [-0.39, 0.29) is 5.92 Å². The predicted octanol–water partition coefficient (Wildman–Crippen LogP) is 3.80. The monoisotopic (exact) mass is 299 g/mol. The second-order valence-corrected chi connectivity index (χ2v) is 5.60. The number of methoxy groups -OCH3 is 2. The Morgan fingerprint density at radius 1 is 0.955 bits per heavy atom. The van der Waals surface area contributed by atoms with Crippen LogP contribution in [0.5, 0.6) is 11.5 Å². The lowest BCUT2D eigenvalue weighted by Crippen LogP contribution is -2.10. The summed E-state index contributed by atoms with van der Waals surface area (Å²) in [4.78, 5) is 0. The van der Waals surface area contributed by atoms with Crippen LogP contribution < -0.4 is 15.2 Å². The molecule has 0 heterocycles. The summed E-state index contributed by atoms with van der Waals surface area (Å²) in [5.41, 5.74) is 11.0. The van der Waals surface area contributed by atoms with Gasteiger partial charge in [0.15, 0.2) is 11.5 Å². The van der Waals surface area contributed by atoms with Crippen molar-refractivity contribution in [2.45, 2.75) is 26.2 Å². The molecule has 1 unspecified atom stereocenters. The van der Waals surface area contributed by atoms with Crippen LogP contribution in [0.3, 0.4) is 0 Å². The second-order valence-electron chi connectivity index (χ2n) is 5.60. The van der Waals surface area contributed by atoms with Crippen LogP contribution in [0.2, 0.25) is 0 Å². The van der Waals surface area contributed by atoms with Crippen molar-refractivity contribution in [2.24, 2.45) is 5.73 Å². The molecule has 0 aromatic heterocycles. The maximum absolute atomic E-state index is 5.86. The first-order chi connectivity index (χ1) is 10.6. The Bertz CT molecular complexity index is 637. The molecular formula is C19H25NO2. The van der Waals surface area contributed by atoms with Gasteiger partial charge in [0.2, 0.25) is 0 Å². The summed E-state index contributed by atoms with van der Waals surface area (Å²) in [6, 6.07) is 12.7. The number of nitrogens with two attached hydrogens (primary N) is 1. The van der Waals surface area contributed by atoms with Crippen molar-refractivity contribution in [3.63, 3.8) is 0 Å². The normalized spacial score (nSPS) is 12.0. The highest BCUT2D eigenvalue weighted by Crippen LogP contribution is 2.36. The van der Waals surface area contributed by atoms with Crippen LogP contribution in [0.25, 0.3) is 0 Å². The third-order valence-corrected chi connectivity index (χ3v) is 4.08. The Kier molecular flexibility index (Phi) is 5.45. The van der Waals surface area contributed by atoms with Crippen molar-refractivity contribution >= 4 is 0 Å². The van der Waals surface area contributed by atoms with Crippen LogP contribution in [0.1, 0.15) is 34.6 Å². The highest BCUT2D eigenvalue weighted by atomic mass is 16.5. The van der Waals surface area contributed by atoms with Gasteiger partial charge in [-0.05, 0) is 55.6 Å². The van der Waals surface area contributed by atoms with Crippen molar-refractivity contribution in [1.82, 2.24) is 0 Å². The van der Waals surface area contributed by atoms with Gasteiger partial charge < -0.3 is 15.2 Å². The summed E-state index contributed by atoms with van der Waals surface area (Å²) < 4.78 is 10.8. The number of ether oxygens (including phenoxy) is 2. The first-order valence-corrected chi connectivity index (χ1v) is 7.59. The largest absolute Gasteiger partial charge is 0.493 e. The first-order valence-electron chi connectivity index (χ1n) is 7.59. The molecule has 0 bridgehead atoms. The first kappa shape index (κ1) is 16.4. The average molecular weight is 299 g/mol. The van der Waals surface area contributed by atoms with E-state index < -0.39 is 0 Å². The van der Waals surface area contributed by atoms with Crippen molar-refractivity contribution in [1.29, 1.82) is 0 Å². The Morgan fingerprint density at radius 2 is 1.68 bits per heavy atom. The summed E-state index contributed by atoms with van der Waals surface area (Å²) in [6.07, 6.45) is 0.903. The number of hydrogen-bond acceptors (Lipinski definition) is 3. The smallest absolute Gasteiger partial charge is 0.161 e. The highest BCUT2D eigenvalue weighted by Gasteiger charge is 2.18. The van der Waals surface area contributed by atoms with Crippen molar-refractivity contribution < 1.29 is 9.47 Å². The molecule has 0 amide bonds. The van der Waals surface area contributed by atoms with E-state index >= 15 is 0 Å². The minimum atomic E-state index is 0.268. The lowest BCUT2D eigenvalue weighted by Gasteiger charge is -2.21. The fourth-order valence-electron chi connectivity index (χ4n) is 2.87. The van der Waals surface area contributed by atoms with E-state index in [9.17, 15) is 0 Å². The fourth-order valence-corrected chi connectivity index (χ4v) is 2.87. The van der Waals surface area contributed by atoms with Crippen LogP contribution in [0.4, 0.5) is 0 Å². The summed E-state index contributed by atoms with van der Waals surface area (Å²) in [7, 11) is 3.32. The molecule has 2 rings (SSSR count). The molecule has 1 atom stereocenters. The fraction of sp³-hybridized carbons (Fsp3) is 0.368. The lowest BCUT2D eigenvalue weighted by atomic mass is 9.85. The third kappa shape index (κ3) is 3.42. The summed E-state index contributed by atoms with van der Waals surface area (Å²) in [5, 5.41) is 0. The van der Waals surface area contributed by atoms with Crippen LogP contribution in [0.15, 0.2) is 36.4 Å². The molecule has 0 aliphatic carbocycles. The molecule has 0 spiro atoms. The highest BCUT2D eigenvalue weighted by molar-refractivity contribution is 5.47. The van der Waals surface area contributed by atoms with Crippen LogP contribution >= 0.6 is 0 Å². The quantitative estimate of drug-likeness (QED) is 0.882. The Balaban J connectivity index is 2.50. The zero-order chi connectivity index (χ0) is 16.1. The van der Waals surface area contributed by atoms with Crippen molar-refractivity contribution in [3.8, 4) is 11.5 Å². The van der Waals surface area contributed by atoms with E-state index in [1.54, 1.807) is 14.2 Å². The molecular weight excluding hydrogens is 274 g/mol. The Morgan fingerprint density at radius 3 is 2.32 bits per heavy atom. The summed E-state index contributed by atoms with van der Waals surface area (Å²) in [6.45, 7) is 4.92. The van der Waals surface area contributed by atoms with Gasteiger partial charge in [0.05, 0.1) is 14.2 Å². The molecule has 118 valence electrons. The van der Waals surface area contributed by atoms with E-state index in [4.69, 9.17) is 15.2 Å². The van der Waals surface area contributed by atoms with Gasteiger partial charge in [-0.2, -0.15) is 0 Å². The molecule has 2 aromatic carbocycles. The van der Waals surface area contributed by atoms with Gasteiger partial charge in [0.25, 0.3) is 0 Å². The zero-order valence-electron chi connectivity index (χ0n) is 13.8. The maximum atomic E-state index is 5.86. The molecule has 0 fully saturated rings. The standard InChI is InChI=1S/C19H25NO2/c1-13-5-6-14(2)17(11-13)16(9-10-20)15-7-8-18(21-3)19(12-15)22-4/h5-8,11-12,16H,9-10,20H2,1-4H3. The molecule has 0 aliphatic heterocycles. The maximum Gasteiger partial charge on any atom is 0.161 e. The van der Waals surface area contributed by atoms with E-state index in [0.29, 0.717) is 6.54 Å². The topological polar surface area (TPSA) is 44.5 Å². The van der Waals surface area contributed by atoms with Crippen LogP contribution in [0, 0.1) is 13.8 Å². The van der Waals surface area contributed by atoms with E-state index in [1.807, 2.05) is 6.07 Å². The number of aryl methyl sites for hydroxylation is 2. The number of benzene rings is 2. The summed E-state index contributed by atoms with van der Waals surface area (Å²) >= 11 is 0. The average Bonchev–Trinajstić information content (AvgIpc) is 2.54. The molecule has 2 N–H and O–H groups in total. The Hall–Kier alpha value is -2.00. The number of hydrogen-bond donors (Lipinski definition) is 1. The Labute approximate surface area is 133 Å². The van der Waals surface area contributed by atoms with Crippen molar-refractivity contribution in [2.75, 3.05) is 20.8 Å². The summed E-state index contributed by atoms with van der Waals surface area (Å²) in [5.74, 6) is 1.77. The van der Waals surface area contributed by atoms with Gasteiger partial charge in [0, 0.05) is 5.92 Å². The number of rotatable bonds is 6. The molecule has 0 radical (unpaired) electrons. The van der Waals surface area contributed by atoms with Gasteiger partial charge in [-0.15, -0.1) is 0 Å². The lowest BCUT2D eigenvalue weighted by molar-refractivity contribution is 0.354. The molecule has 3 heteroatoms. The minimum Gasteiger partial charge on any atom is -0.493 e. The van der Waals surface area contributed by atoms with Crippen LogP contribution in [-0.2, 0) is 0 Å². The molecule has 0 saturated carbocycles. The SMILES string of the molecule is COc1ccc(C(CCN)c2cc(C)ccc2C)cc1OC. The van der Waals surface area contributed by atoms with Crippen molar-refractivity contribution in [3.05, 3.63) is 58.7 Å². The minimum absolute atomic E-state index is 0.268. The van der Waals surface area contributed by atoms with Gasteiger partial charge in [-0.1, -0.05) is 29.8 Å². The molecule has 22 heavy (non-hydrogen) atoms. The van der Waals surface area contributed by atoms with E-state index in [0.717, 1.165) is 17.9 Å². The van der Waals surface area contributed by atoms with Gasteiger partial charge in [0.1, 0.15) is 0 Å². The predicted molar refractivity (Wildman–Crippen MR) is 91.0 cm³/mol. The van der Waals surface area contributed by atoms with Gasteiger partial charge in [-0.25, -0.2) is 0 Å².